The third-order valence-corrected chi connectivity index (χ3v) is 10.6. The summed E-state index contributed by atoms with van der Waals surface area (Å²) in [6, 6.07) is 66.0. The molecular weight excluding hydrogens is 659 g/mol. The van der Waals surface area contributed by atoms with Gasteiger partial charge in [0.15, 0.2) is 5.82 Å². The number of fused-ring (bicyclic) bond motifs is 8. The van der Waals surface area contributed by atoms with Gasteiger partial charge < -0.3 is 8.98 Å². The molecule has 3 aromatic heterocycles. The molecule has 4 heteroatoms. The van der Waals surface area contributed by atoms with Crippen LogP contribution in [0.5, 0.6) is 0 Å². The highest BCUT2D eigenvalue weighted by molar-refractivity contribution is 6.21. The van der Waals surface area contributed by atoms with Crippen molar-refractivity contribution in [3.8, 4) is 50.7 Å². The molecule has 0 amide bonds. The van der Waals surface area contributed by atoms with E-state index < -0.39 is 0 Å². The van der Waals surface area contributed by atoms with Gasteiger partial charge in [0.05, 0.1) is 22.4 Å². The molecule has 0 radical (unpaired) electrons. The number of aromatic nitrogens is 3. The van der Waals surface area contributed by atoms with Crippen molar-refractivity contribution >= 4 is 54.5 Å². The third kappa shape index (κ3) is 4.85. The van der Waals surface area contributed by atoms with Gasteiger partial charge in [0.1, 0.15) is 11.2 Å². The van der Waals surface area contributed by atoms with Crippen molar-refractivity contribution in [3.63, 3.8) is 0 Å². The normalized spacial score (nSPS) is 11.7. The zero-order valence-corrected chi connectivity index (χ0v) is 29.1. The molecule has 0 bridgehead atoms. The van der Waals surface area contributed by atoms with Crippen LogP contribution in [-0.2, 0) is 0 Å². The smallest absolute Gasteiger partial charge is 0.161 e. The SMILES string of the molecule is c1ccc(-c2ccc(-c3cc(-c4ccccc4)nc(-c4cc5cc(-n6c7ccccc7c7ccccc76)ccc5c5oc6ccccc6c45)n3)cc2)cc1. The van der Waals surface area contributed by atoms with Crippen LogP contribution in [0.2, 0.25) is 0 Å². The van der Waals surface area contributed by atoms with Gasteiger partial charge in [-0.3, -0.25) is 0 Å². The number of hydrogen-bond donors (Lipinski definition) is 0. The first kappa shape index (κ1) is 30.3. The summed E-state index contributed by atoms with van der Waals surface area (Å²) in [7, 11) is 0. The second kappa shape index (κ2) is 12.1. The van der Waals surface area contributed by atoms with Crippen molar-refractivity contribution in [2.45, 2.75) is 0 Å². The molecule has 4 nitrogen and oxygen atoms in total. The second-order valence-electron chi connectivity index (χ2n) is 13.8. The summed E-state index contributed by atoms with van der Waals surface area (Å²) in [5.41, 5.74) is 12.2. The molecule has 0 saturated carbocycles. The Hall–Kier alpha value is -7.30. The van der Waals surface area contributed by atoms with E-state index in [9.17, 15) is 0 Å². The minimum atomic E-state index is 0.652. The van der Waals surface area contributed by atoms with E-state index in [-0.39, 0.29) is 0 Å². The molecular formula is C50H31N3O. The average Bonchev–Trinajstić information content (AvgIpc) is 3.80. The molecule has 0 aliphatic heterocycles. The summed E-state index contributed by atoms with van der Waals surface area (Å²) in [5.74, 6) is 0.652. The maximum atomic E-state index is 6.72. The van der Waals surface area contributed by atoms with Gasteiger partial charge in [-0.15, -0.1) is 0 Å². The molecule has 0 aliphatic rings. The summed E-state index contributed by atoms with van der Waals surface area (Å²) in [4.78, 5) is 10.6. The lowest BCUT2D eigenvalue weighted by Gasteiger charge is -2.13. The highest BCUT2D eigenvalue weighted by atomic mass is 16.3. The van der Waals surface area contributed by atoms with E-state index in [0.29, 0.717) is 5.82 Å². The van der Waals surface area contributed by atoms with Gasteiger partial charge in [-0.1, -0.05) is 140 Å². The van der Waals surface area contributed by atoms with Crippen molar-refractivity contribution in [2.24, 2.45) is 0 Å². The quantitative estimate of drug-likeness (QED) is 0.181. The molecule has 3 heterocycles. The van der Waals surface area contributed by atoms with Gasteiger partial charge in [0, 0.05) is 49.3 Å². The van der Waals surface area contributed by atoms with E-state index in [1.807, 2.05) is 24.3 Å². The highest BCUT2D eigenvalue weighted by Gasteiger charge is 2.21. The number of benzene rings is 8. The van der Waals surface area contributed by atoms with Crippen LogP contribution in [0.15, 0.2) is 192 Å². The number of nitrogens with zero attached hydrogens (tertiary/aromatic N) is 3. The molecule has 8 aromatic carbocycles. The van der Waals surface area contributed by atoms with E-state index in [4.69, 9.17) is 14.4 Å². The van der Waals surface area contributed by atoms with Gasteiger partial charge in [0.2, 0.25) is 0 Å². The molecule has 0 aliphatic carbocycles. The number of rotatable bonds is 5. The lowest BCUT2D eigenvalue weighted by atomic mass is 9.98. The molecule has 0 atom stereocenters. The standard InChI is InChI=1S/C50H31N3O/c1-3-13-32(14-4-1)33-23-25-35(26-24-33)44-31-43(34-15-5-2-6-16-34)51-50(52-44)42-30-36-29-37(27-28-38(36)49-48(42)41-19-9-12-22-47(41)54-49)53-45-20-10-7-17-39(45)40-18-8-11-21-46(40)53/h1-31H. The molecule has 0 spiro atoms. The van der Waals surface area contributed by atoms with Crippen molar-refractivity contribution in [2.75, 3.05) is 0 Å². The predicted molar refractivity (Wildman–Crippen MR) is 223 cm³/mol. The molecule has 252 valence electrons. The van der Waals surface area contributed by atoms with Crippen LogP contribution in [0.1, 0.15) is 0 Å². The van der Waals surface area contributed by atoms with Gasteiger partial charge in [-0.05, 0) is 65.0 Å². The van der Waals surface area contributed by atoms with Crippen molar-refractivity contribution in [1.29, 1.82) is 0 Å². The first-order valence-corrected chi connectivity index (χ1v) is 18.2. The number of para-hydroxylation sites is 3. The Bertz CT molecular complexity index is 3140. The molecule has 0 N–H and O–H groups in total. The Morgan fingerprint density at radius 2 is 0.944 bits per heavy atom. The van der Waals surface area contributed by atoms with E-state index in [1.165, 1.54) is 27.4 Å². The average molecular weight is 690 g/mol. The molecule has 0 saturated heterocycles. The van der Waals surface area contributed by atoms with Crippen LogP contribution >= 0.6 is 0 Å². The van der Waals surface area contributed by atoms with E-state index >= 15 is 0 Å². The maximum Gasteiger partial charge on any atom is 0.161 e. The zero-order chi connectivity index (χ0) is 35.6. The molecule has 11 rings (SSSR count). The van der Waals surface area contributed by atoms with Crippen molar-refractivity contribution in [3.05, 3.63) is 188 Å². The van der Waals surface area contributed by atoms with Crippen molar-refractivity contribution in [1.82, 2.24) is 14.5 Å². The lowest BCUT2D eigenvalue weighted by molar-refractivity contribution is 0.672. The maximum absolute atomic E-state index is 6.72. The predicted octanol–water partition coefficient (Wildman–Crippen LogP) is 13.3. The minimum Gasteiger partial charge on any atom is -0.455 e. The van der Waals surface area contributed by atoms with Crippen LogP contribution in [0.3, 0.4) is 0 Å². The second-order valence-corrected chi connectivity index (χ2v) is 13.8. The summed E-state index contributed by atoms with van der Waals surface area (Å²) >= 11 is 0. The fraction of sp³-hybridized carbons (Fsp3) is 0. The van der Waals surface area contributed by atoms with E-state index in [1.54, 1.807) is 0 Å². The molecule has 0 fully saturated rings. The first-order valence-electron chi connectivity index (χ1n) is 18.2. The first-order chi connectivity index (χ1) is 26.8. The Kier molecular flexibility index (Phi) is 6.82. The van der Waals surface area contributed by atoms with Crippen LogP contribution in [0.4, 0.5) is 0 Å². The van der Waals surface area contributed by atoms with E-state index in [2.05, 4.69) is 168 Å². The van der Waals surface area contributed by atoms with Crippen LogP contribution in [0, 0.1) is 0 Å². The largest absolute Gasteiger partial charge is 0.455 e. The number of hydrogen-bond acceptors (Lipinski definition) is 3. The minimum absolute atomic E-state index is 0.652. The molecule has 54 heavy (non-hydrogen) atoms. The highest BCUT2D eigenvalue weighted by Crippen LogP contribution is 2.42. The number of furan rings is 1. The lowest BCUT2D eigenvalue weighted by Crippen LogP contribution is -1.97. The molecule has 11 aromatic rings. The topological polar surface area (TPSA) is 43.9 Å². The van der Waals surface area contributed by atoms with Crippen LogP contribution < -0.4 is 0 Å². The Morgan fingerprint density at radius 1 is 0.407 bits per heavy atom. The fourth-order valence-electron chi connectivity index (χ4n) is 8.06. The fourth-order valence-corrected chi connectivity index (χ4v) is 8.06. The van der Waals surface area contributed by atoms with E-state index in [0.717, 1.165) is 72.0 Å². The summed E-state index contributed by atoms with van der Waals surface area (Å²) in [6.45, 7) is 0. The summed E-state index contributed by atoms with van der Waals surface area (Å²) < 4.78 is 9.08. The van der Waals surface area contributed by atoms with Crippen LogP contribution in [0.25, 0.3) is 105 Å². The third-order valence-electron chi connectivity index (χ3n) is 10.6. The Balaban J connectivity index is 1.17. The van der Waals surface area contributed by atoms with Crippen molar-refractivity contribution < 1.29 is 4.42 Å². The van der Waals surface area contributed by atoms with Gasteiger partial charge in [-0.2, -0.15) is 0 Å². The van der Waals surface area contributed by atoms with Gasteiger partial charge >= 0.3 is 0 Å². The van der Waals surface area contributed by atoms with Crippen LogP contribution in [-0.4, -0.2) is 14.5 Å². The summed E-state index contributed by atoms with van der Waals surface area (Å²) in [5, 5.41) is 6.62. The monoisotopic (exact) mass is 689 g/mol. The van der Waals surface area contributed by atoms with Gasteiger partial charge in [-0.25, -0.2) is 9.97 Å². The summed E-state index contributed by atoms with van der Waals surface area (Å²) in [6.07, 6.45) is 0. The zero-order valence-electron chi connectivity index (χ0n) is 29.1. The van der Waals surface area contributed by atoms with Gasteiger partial charge in [0.25, 0.3) is 0 Å². The Labute approximate surface area is 311 Å². The Morgan fingerprint density at radius 3 is 1.63 bits per heavy atom. The molecule has 0 unspecified atom stereocenters.